The van der Waals surface area contributed by atoms with Crippen LogP contribution in [-0.4, -0.2) is 20.1 Å². The van der Waals surface area contributed by atoms with E-state index in [4.69, 9.17) is 0 Å². The van der Waals surface area contributed by atoms with Crippen LogP contribution in [0.3, 0.4) is 0 Å². The Bertz CT molecular complexity index is 19.1. The second kappa shape index (κ2) is 32.6. The molecule has 1 fully saturated rings. The van der Waals surface area contributed by atoms with E-state index in [1.807, 2.05) is 27.7 Å². The fourth-order valence-corrected chi connectivity index (χ4v) is 0.625. The lowest BCUT2D eigenvalue weighted by molar-refractivity contribution is 0.857. The van der Waals surface area contributed by atoms with E-state index in [-0.39, 0.29) is 0 Å². The molecule has 0 amide bonds. The monoisotopic (exact) mass is 162 g/mol. The lowest BCUT2D eigenvalue weighted by Gasteiger charge is -1.76. The fourth-order valence-electron chi connectivity index (χ4n) is 0.625. The van der Waals surface area contributed by atoms with Crippen molar-refractivity contribution in [2.75, 3.05) is 20.1 Å². The Balaban J connectivity index is -0.0000000933. The zero-order valence-electron chi connectivity index (χ0n) is 8.91. The molecule has 2 nitrogen and oxygen atoms in total. The van der Waals surface area contributed by atoms with Crippen LogP contribution < -0.4 is 11.1 Å². The summed E-state index contributed by atoms with van der Waals surface area (Å²) in [5.41, 5.74) is 4.50. The molecule has 0 radical (unpaired) electrons. The molecule has 0 saturated carbocycles. The van der Waals surface area contributed by atoms with Crippen LogP contribution in [0.2, 0.25) is 0 Å². The molecule has 0 aromatic heterocycles. The van der Waals surface area contributed by atoms with Crippen molar-refractivity contribution in [2.24, 2.45) is 5.73 Å². The van der Waals surface area contributed by atoms with Crippen LogP contribution >= 0.6 is 0 Å². The summed E-state index contributed by atoms with van der Waals surface area (Å²) < 4.78 is 0. The van der Waals surface area contributed by atoms with E-state index in [1.165, 1.54) is 33.0 Å². The third-order valence-electron chi connectivity index (χ3n) is 0.957. The van der Waals surface area contributed by atoms with Crippen LogP contribution in [0, 0.1) is 0 Å². The smallest absolute Gasteiger partial charge is 0.00484 e. The van der Waals surface area contributed by atoms with Crippen molar-refractivity contribution in [3.63, 3.8) is 0 Å². The van der Waals surface area contributed by atoms with Gasteiger partial charge in [-0.15, -0.1) is 0 Å². The second-order valence-corrected chi connectivity index (χ2v) is 1.46. The van der Waals surface area contributed by atoms with E-state index in [1.54, 1.807) is 0 Å². The van der Waals surface area contributed by atoms with E-state index in [2.05, 4.69) is 11.1 Å². The molecule has 1 rings (SSSR count). The van der Waals surface area contributed by atoms with Crippen LogP contribution in [0.1, 0.15) is 40.5 Å². The number of hydrogen-bond acceptors (Lipinski definition) is 2. The molecule has 0 aromatic rings. The molecular weight excluding hydrogens is 136 g/mol. The van der Waals surface area contributed by atoms with Gasteiger partial charge < -0.3 is 11.1 Å². The van der Waals surface area contributed by atoms with E-state index in [0.29, 0.717) is 0 Å². The highest BCUT2D eigenvalue weighted by molar-refractivity contribution is 4.55. The summed E-state index contributed by atoms with van der Waals surface area (Å²) in [6, 6.07) is 0. The highest BCUT2D eigenvalue weighted by atomic mass is 14.9. The quantitative estimate of drug-likeness (QED) is 0.572. The van der Waals surface area contributed by atoms with Gasteiger partial charge in [-0.1, -0.05) is 27.7 Å². The average Bonchev–Trinajstić information content (AvgIpc) is 2.71. The third kappa shape index (κ3) is 25.7. The van der Waals surface area contributed by atoms with Gasteiger partial charge in [0.25, 0.3) is 0 Å². The maximum absolute atomic E-state index is 4.50. The van der Waals surface area contributed by atoms with Gasteiger partial charge in [0.05, 0.1) is 0 Å². The van der Waals surface area contributed by atoms with Crippen molar-refractivity contribution in [1.29, 1.82) is 0 Å². The van der Waals surface area contributed by atoms with Crippen molar-refractivity contribution in [2.45, 2.75) is 40.5 Å². The van der Waals surface area contributed by atoms with Crippen LogP contribution in [0.4, 0.5) is 0 Å². The van der Waals surface area contributed by atoms with E-state index < -0.39 is 0 Å². The Labute approximate surface area is 72.6 Å². The maximum Gasteiger partial charge on any atom is -0.00484 e. The molecule has 0 bridgehead atoms. The highest BCUT2D eigenvalue weighted by Gasteiger charge is 1.93. The summed E-state index contributed by atoms with van der Waals surface area (Å²) in [5.74, 6) is 0. The summed E-state index contributed by atoms with van der Waals surface area (Å²) in [5, 5.41) is 3.22. The topological polar surface area (TPSA) is 38.0 Å². The standard InChI is InChI=1S/C4H9N.2C2H6.CH5N/c1-2-4-5-3-1;3*1-2/h5H,1-4H2;2*1-2H3;2H2,1H3. The number of hydrogen-bond donors (Lipinski definition) is 2. The Morgan fingerprint density at radius 1 is 0.818 bits per heavy atom. The van der Waals surface area contributed by atoms with Gasteiger partial charge in [-0.3, -0.25) is 0 Å². The first-order valence-electron chi connectivity index (χ1n) is 4.78. The minimum absolute atomic E-state index is 1.25. The second-order valence-electron chi connectivity index (χ2n) is 1.46. The SMILES string of the molecule is C1CCNC1.CC.CC.CN. The first kappa shape index (κ1) is 17.1. The number of nitrogens with two attached hydrogens (primary N) is 1. The van der Waals surface area contributed by atoms with Gasteiger partial charge in [0.1, 0.15) is 0 Å². The predicted octanol–water partition coefficient (Wildman–Crippen LogP) is 2.00. The minimum Gasteiger partial charge on any atom is -0.333 e. The molecular formula is C9H26N2. The van der Waals surface area contributed by atoms with E-state index >= 15 is 0 Å². The first-order valence-corrected chi connectivity index (χ1v) is 4.78. The zero-order chi connectivity index (χ0) is 9.54. The summed E-state index contributed by atoms with van der Waals surface area (Å²) in [4.78, 5) is 0. The average molecular weight is 162 g/mol. The molecule has 0 atom stereocenters. The molecule has 0 aromatic carbocycles. The van der Waals surface area contributed by atoms with Gasteiger partial charge in [0.15, 0.2) is 0 Å². The Hall–Kier alpha value is -0.0800. The molecule has 1 saturated heterocycles. The molecule has 1 aliphatic rings. The molecule has 0 aliphatic carbocycles. The van der Waals surface area contributed by atoms with Gasteiger partial charge >= 0.3 is 0 Å². The molecule has 0 spiro atoms. The normalized spacial score (nSPS) is 12.5. The number of nitrogens with one attached hydrogen (secondary N) is 1. The lowest BCUT2D eigenvalue weighted by atomic mass is 10.4. The molecule has 1 heterocycles. The summed E-state index contributed by atoms with van der Waals surface area (Å²) in [6.07, 6.45) is 2.78. The summed E-state index contributed by atoms with van der Waals surface area (Å²) >= 11 is 0. The fraction of sp³-hybridized carbons (Fsp3) is 1.00. The van der Waals surface area contributed by atoms with Crippen molar-refractivity contribution in [1.82, 2.24) is 5.32 Å². The van der Waals surface area contributed by atoms with Crippen LogP contribution in [0.15, 0.2) is 0 Å². The molecule has 11 heavy (non-hydrogen) atoms. The van der Waals surface area contributed by atoms with Crippen molar-refractivity contribution in [3.05, 3.63) is 0 Å². The molecule has 1 aliphatic heterocycles. The minimum atomic E-state index is 1.25. The largest absolute Gasteiger partial charge is 0.333 e. The van der Waals surface area contributed by atoms with Crippen molar-refractivity contribution >= 4 is 0 Å². The van der Waals surface area contributed by atoms with Gasteiger partial charge in [0.2, 0.25) is 0 Å². The Morgan fingerprint density at radius 2 is 1.09 bits per heavy atom. The number of rotatable bonds is 0. The highest BCUT2D eigenvalue weighted by Crippen LogP contribution is 1.90. The summed E-state index contributed by atoms with van der Waals surface area (Å²) in [6.45, 7) is 10.5. The third-order valence-corrected chi connectivity index (χ3v) is 0.957. The first-order chi connectivity index (χ1) is 5.50. The van der Waals surface area contributed by atoms with E-state index in [0.717, 1.165) is 0 Å². The lowest BCUT2D eigenvalue weighted by Crippen LogP contribution is -2.03. The van der Waals surface area contributed by atoms with Crippen LogP contribution in [0.5, 0.6) is 0 Å². The van der Waals surface area contributed by atoms with Gasteiger partial charge in [-0.2, -0.15) is 0 Å². The maximum atomic E-state index is 4.50. The Morgan fingerprint density at radius 3 is 1.18 bits per heavy atom. The Kier molecular flexibility index (Phi) is 50.8. The van der Waals surface area contributed by atoms with Gasteiger partial charge in [0, 0.05) is 0 Å². The van der Waals surface area contributed by atoms with Crippen LogP contribution in [0.25, 0.3) is 0 Å². The summed E-state index contributed by atoms with van der Waals surface area (Å²) in [7, 11) is 1.50. The van der Waals surface area contributed by atoms with Gasteiger partial charge in [-0.05, 0) is 33.0 Å². The molecule has 0 unspecified atom stereocenters. The van der Waals surface area contributed by atoms with Crippen LogP contribution in [-0.2, 0) is 0 Å². The molecule has 3 N–H and O–H groups in total. The molecule has 2 heteroatoms. The van der Waals surface area contributed by atoms with Gasteiger partial charge in [-0.25, -0.2) is 0 Å². The molecule has 72 valence electrons. The van der Waals surface area contributed by atoms with Crippen molar-refractivity contribution < 1.29 is 0 Å². The van der Waals surface area contributed by atoms with Crippen molar-refractivity contribution in [3.8, 4) is 0 Å². The van der Waals surface area contributed by atoms with E-state index in [9.17, 15) is 0 Å². The predicted molar refractivity (Wildman–Crippen MR) is 54.9 cm³/mol. The zero-order valence-corrected chi connectivity index (χ0v) is 8.91.